The molecule has 6 nitrogen and oxygen atoms in total. The first-order valence-corrected chi connectivity index (χ1v) is 14.4. The van der Waals surface area contributed by atoms with Gasteiger partial charge in [0.15, 0.2) is 5.82 Å². The van der Waals surface area contributed by atoms with Crippen LogP contribution in [0.1, 0.15) is 11.1 Å². The monoisotopic (exact) mass is 574 g/mol. The Morgan fingerprint density at radius 3 is 1.55 bits per heavy atom. The maximum absolute atomic E-state index is 12.7. The van der Waals surface area contributed by atoms with Crippen molar-refractivity contribution in [3.05, 3.63) is 157 Å². The fourth-order valence-corrected chi connectivity index (χ4v) is 4.91. The van der Waals surface area contributed by atoms with Gasteiger partial charge in [0.1, 0.15) is 0 Å². The van der Waals surface area contributed by atoms with Crippen molar-refractivity contribution >= 4 is 23.2 Å². The van der Waals surface area contributed by atoms with Crippen LogP contribution in [0.15, 0.2) is 146 Å². The Morgan fingerprint density at radius 1 is 0.455 bits per heavy atom. The van der Waals surface area contributed by atoms with Gasteiger partial charge in [-0.15, -0.1) is 0 Å². The third-order valence-electron chi connectivity index (χ3n) is 7.08. The molecular formula is C38H30N4O2. The second-order valence-electron chi connectivity index (χ2n) is 10.4. The van der Waals surface area contributed by atoms with Gasteiger partial charge >= 0.3 is 0 Å². The van der Waals surface area contributed by atoms with Crippen molar-refractivity contribution < 1.29 is 9.59 Å². The highest BCUT2D eigenvalue weighted by atomic mass is 16.2. The van der Waals surface area contributed by atoms with Gasteiger partial charge in [0, 0.05) is 28.1 Å². The summed E-state index contributed by atoms with van der Waals surface area (Å²) in [5.41, 5.74) is 7.44. The predicted molar refractivity (Wildman–Crippen MR) is 176 cm³/mol. The zero-order chi connectivity index (χ0) is 30.1. The maximum Gasteiger partial charge on any atom is 0.228 e. The largest absolute Gasteiger partial charge is 0.326 e. The Balaban J connectivity index is 1.26. The van der Waals surface area contributed by atoms with Crippen molar-refractivity contribution in [2.24, 2.45) is 0 Å². The molecule has 6 rings (SSSR count). The number of benzene rings is 5. The van der Waals surface area contributed by atoms with Crippen LogP contribution >= 0.6 is 0 Å². The van der Waals surface area contributed by atoms with Gasteiger partial charge in [0.05, 0.1) is 24.2 Å². The van der Waals surface area contributed by atoms with Crippen molar-refractivity contribution in [1.82, 2.24) is 9.97 Å². The lowest BCUT2D eigenvalue weighted by Crippen LogP contribution is -2.14. The predicted octanol–water partition coefficient (Wildman–Crippen LogP) is 7.84. The van der Waals surface area contributed by atoms with Gasteiger partial charge in [-0.3, -0.25) is 9.59 Å². The molecule has 2 N–H and O–H groups in total. The molecule has 0 saturated heterocycles. The first kappa shape index (κ1) is 28.2. The van der Waals surface area contributed by atoms with Crippen LogP contribution < -0.4 is 10.6 Å². The summed E-state index contributed by atoms with van der Waals surface area (Å²) in [6, 6.07) is 46.4. The van der Waals surface area contributed by atoms with Gasteiger partial charge in [-0.1, -0.05) is 115 Å². The Morgan fingerprint density at radius 2 is 0.955 bits per heavy atom. The van der Waals surface area contributed by atoms with Crippen LogP contribution in [0.5, 0.6) is 0 Å². The fraction of sp³-hybridized carbons (Fsp3) is 0.0526. The van der Waals surface area contributed by atoms with E-state index in [1.165, 1.54) is 0 Å². The first-order valence-electron chi connectivity index (χ1n) is 14.4. The SMILES string of the molecule is O=C(Cc1ccccc1)Nc1ccc(-c2cc(-c3cccc(NC(=O)Cc4ccccc4)c3)nc(-c3ccccc3)n2)cc1. The molecule has 0 aliphatic heterocycles. The molecule has 0 saturated carbocycles. The van der Waals surface area contributed by atoms with Crippen LogP contribution in [0, 0.1) is 0 Å². The maximum atomic E-state index is 12.7. The molecule has 214 valence electrons. The van der Waals surface area contributed by atoms with Gasteiger partial charge in [0.25, 0.3) is 0 Å². The summed E-state index contributed by atoms with van der Waals surface area (Å²) in [5.74, 6) is 0.435. The van der Waals surface area contributed by atoms with Gasteiger partial charge in [-0.05, 0) is 41.5 Å². The average molecular weight is 575 g/mol. The number of nitrogens with zero attached hydrogens (tertiary/aromatic N) is 2. The number of aromatic nitrogens is 2. The molecule has 0 atom stereocenters. The minimum Gasteiger partial charge on any atom is -0.326 e. The number of anilines is 2. The fourth-order valence-electron chi connectivity index (χ4n) is 4.91. The van der Waals surface area contributed by atoms with Crippen LogP contribution in [0.4, 0.5) is 11.4 Å². The van der Waals surface area contributed by atoms with E-state index in [9.17, 15) is 9.59 Å². The quantitative estimate of drug-likeness (QED) is 0.184. The molecule has 1 heterocycles. The molecule has 5 aromatic carbocycles. The van der Waals surface area contributed by atoms with Crippen LogP contribution in [0.25, 0.3) is 33.9 Å². The van der Waals surface area contributed by atoms with E-state index in [1.54, 1.807) is 0 Å². The Hall–Kier alpha value is -5.88. The second kappa shape index (κ2) is 13.4. The minimum atomic E-state index is -0.0855. The van der Waals surface area contributed by atoms with E-state index >= 15 is 0 Å². The van der Waals surface area contributed by atoms with Crippen molar-refractivity contribution in [3.8, 4) is 33.9 Å². The normalized spacial score (nSPS) is 10.6. The van der Waals surface area contributed by atoms with E-state index in [2.05, 4.69) is 10.6 Å². The molecule has 1 aromatic heterocycles. The summed E-state index contributed by atoms with van der Waals surface area (Å²) in [7, 11) is 0. The van der Waals surface area contributed by atoms with Crippen LogP contribution in [-0.2, 0) is 22.4 Å². The molecule has 0 unspecified atom stereocenters. The third-order valence-corrected chi connectivity index (χ3v) is 7.08. The molecule has 0 aliphatic rings. The van der Waals surface area contributed by atoms with Gasteiger partial charge in [0.2, 0.25) is 11.8 Å². The highest BCUT2D eigenvalue weighted by Gasteiger charge is 2.12. The van der Waals surface area contributed by atoms with Crippen molar-refractivity contribution in [2.45, 2.75) is 12.8 Å². The summed E-state index contributed by atoms with van der Waals surface area (Å²) in [6.07, 6.45) is 0.605. The molecule has 2 amide bonds. The zero-order valence-electron chi connectivity index (χ0n) is 24.0. The van der Waals surface area contributed by atoms with Crippen LogP contribution in [-0.4, -0.2) is 21.8 Å². The number of carbonyl (C=O) groups is 2. The Kier molecular flexibility index (Phi) is 8.60. The lowest BCUT2D eigenvalue weighted by molar-refractivity contribution is -0.116. The van der Waals surface area contributed by atoms with E-state index in [-0.39, 0.29) is 11.8 Å². The zero-order valence-corrected chi connectivity index (χ0v) is 24.0. The number of nitrogens with one attached hydrogen (secondary N) is 2. The van der Waals surface area contributed by atoms with E-state index in [1.807, 2.05) is 146 Å². The molecule has 6 heteroatoms. The van der Waals surface area contributed by atoms with Crippen molar-refractivity contribution in [1.29, 1.82) is 0 Å². The lowest BCUT2D eigenvalue weighted by Gasteiger charge is -2.12. The van der Waals surface area contributed by atoms with E-state index in [0.717, 1.165) is 39.2 Å². The number of hydrogen-bond donors (Lipinski definition) is 2. The topological polar surface area (TPSA) is 84.0 Å². The van der Waals surface area contributed by atoms with Crippen LogP contribution in [0.2, 0.25) is 0 Å². The summed E-state index contributed by atoms with van der Waals surface area (Å²) in [5, 5.41) is 5.99. The van der Waals surface area contributed by atoms with Gasteiger partial charge in [-0.2, -0.15) is 0 Å². The van der Waals surface area contributed by atoms with E-state index in [0.29, 0.717) is 30.0 Å². The standard InChI is InChI=1S/C38H30N4O2/c43-36(23-27-11-4-1-5-12-27)39-32-21-19-29(20-22-32)34-26-35(42-38(41-34)30-15-8-3-9-16-30)31-17-10-18-33(25-31)40-37(44)24-28-13-6-2-7-14-28/h1-22,25-26H,23-24H2,(H,39,43)(H,40,44). The molecule has 0 fully saturated rings. The van der Waals surface area contributed by atoms with Gasteiger partial charge in [-0.25, -0.2) is 9.97 Å². The highest BCUT2D eigenvalue weighted by Crippen LogP contribution is 2.29. The highest BCUT2D eigenvalue weighted by molar-refractivity contribution is 5.93. The summed E-state index contributed by atoms with van der Waals surface area (Å²) in [4.78, 5) is 35.1. The minimum absolute atomic E-state index is 0.0737. The second-order valence-corrected chi connectivity index (χ2v) is 10.4. The van der Waals surface area contributed by atoms with Crippen molar-refractivity contribution in [3.63, 3.8) is 0 Å². The molecule has 44 heavy (non-hydrogen) atoms. The molecule has 6 aromatic rings. The van der Waals surface area contributed by atoms with Crippen molar-refractivity contribution in [2.75, 3.05) is 10.6 Å². The van der Waals surface area contributed by atoms with E-state index in [4.69, 9.17) is 9.97 Å². The Bertz CT molecular complexity index is 1870. The Labute approximate surface area is 256 Å². The van der Waals surface area contributed by atoms with E-state index < -0.39 is 0 Å². The average Bonchev–Trinajstić information content (AvgIpc) is 3.06. The number of hydrogen-bond acceptors (Lipinski definition) is 4. The van der Waals surface area contributed by atoms with Gasteiger partial charge < -0.3 is 10.6 Å². The smallest absolute Gasteiger partial charge is 0.228 e. The third kappa shape index (κ3) is 7.30. The van der Waals surface area contributed by atoms with Crippen LogP contribution in [0.3, 0.4) is 0 Å². The summed E-state index contributed by atoms with van der Waals surface area (Å²) in [6.45, 7) is 0. The molecular weight excluding hydrogens is 544 g/mol. The first-order chi connectivity index (χ1) is 21.6. The number of rotatable bonds is 9. The summed E-state index contributed by atoms with van der Waals surface area (Å²) >= 11 is 0. The molecule has 0 spiro atoms. The number of amides is 2. The lowest BCUT2D eigenvalue weighted by atomic mass is 10.1. The molecule has 0 aliphatic carbocycles. The number of carbonyl (C=O) groups excluding carboxylic acids is 2. The summed E-state index contributed by atoms with van der Waals surface area (Å²) < 4.78 is 0. The molecule has 0 bridgehead atoms. The molecule has 0 radical (unpaired) electrons.